The van der Waals surface area contributed by atoms with Crippen LogP contribution in [0, 0.1) is 11.8 Å². The van der Waals surface area contributed by atoms with Gasteiger partial charge in [0.2, 0.25) is 11.8 Å². The molecular formula is C15H27N3O3. The van der Waals surface area contributed by atoms with Crippen LogP contribution >= 0.6 is 0 Å². The van der Waals surface area contributed by atoms with Gasteiger partial charge < -0.3 is 20.7 Å². The second-order valence-corrected chi connectivity index (χ2v) is 6.13. The standard InChI is InChI=1S/C15H27N3O3/c1-11-3-2-4-12(16)14(11)15(20)17-6-5-13(19)18-7-9-21-10-8-18/h11-12,14H,2-10,16H2,1H3,(H,17,20). The number of nitrogens with zero attached hydrogens (tertiary/aromatic N) is 1. The van der Waals surface area contributed by atoms with E-state index in [1.807, 2.05) is 0 Å². The molecule has 0 bridgehead atoms. The van der Waals surface area contributed by atoms with E-state index in [-0.39, 0.29) is 23.8 Å². The Bertz CT molecular complexity index is 359. The molecule has 3 atom stereocenters. The Balaban J connectivity index is 1.72. The Morgan fingerprint density at radius 2 is 2.00 bits per heavy atom. The van der Waals surface area contributed by atoms with Crippen LogP contribution in [0.5, 0.6) is 0 Å². The quantitative estimate of drug-likeness (QED) is 0.771. The summed E-state index contributed by atoms with van der Waals surface area (Å²) in [4.78, 5) is 26.0. The summed E-state index contributed by atoms with van der Waals surface area (Å²) in [5.41, 5.74) is 6.07. The predicted octanol–water partition coefficient (Wildman–Crippen LogP) is 0.115. The SMILES string of the molecule is CC1CCCC(N)C1C(=O)NCCC(=O)N1CCOCC1. The van der Waals surface area contributed by atoms with E-state index in [1.165, 1.54) is 0 Å². The maximum atomic E-state index is 12.2. The summed E-state index contributed by atoms with van der Waals surface area (Å²) in [7, 11) is 0. The number of carbonyl (C=O) groups excluding carboxylic acids is 2. The van der Waals surface area contributed by atoms with Gasteiger partial charge in [-0.15, -0.1) is 0 Å². The van der Waals surface area contributed by atoms with Crippen LogP contribution in [-0.4, -0.2) is 55.6 Å². The molecule has 3 N–H and O–H groups in total. The molecule has 0 radical (unpaired) electrons. The molecule has 0 aromatic carbocycles. The normalized spacial score (nSPS) is 30.0. The molecule has 0 spiro atoms. The maximum absolute atomic E-state index is 12.2. The Labute approximate surface area is 126 Å². The molecule has 21 heavy (non-hydrogen) atoms. The van der Waals surface area contributed by atoms with Gasteiger partial charge in [0.15, 0.2) is 0 Å². The number of nitrogens with two attached hydrogens (primary N) is 1. The van der Waals surface area contributed by atoms with Crippen LogP contribution in [0.3, 0.4) is 0 Å². The monoisotopic (exact) mass is 297 g/mol. The predicted molar refractivity (Wildman–Crippen MR) is 79.5 cm³/mol. The van der Waals surface area contributed by atoms with E-state index < -0.39 is 0 Å². The minimum Gasteiger partial charge on any atom is -0.378 e. The van der Waals surface area contributed by atoms with Crippen LogP contribution in [-0.2, 0) is 14.3 Å². The molecule has 6 heteroatoms. The van der Waals surface area contributed by atoms with Crippen LogP contribution in [0.1, 0.15) is 32.6 Å². The lowest BCUT2D eigenvalue weighted by Crippen LogP contribution is -2.48. The lowest BCUT2D eigenvalue weighted by molar-refractivity contribution is -0.135. The number of ether oxygens (including phenoxy) is 1. The Morgan fingerprint density at radius 1 is 1.29 bits per heavy atom. The largest absolute Gasteiger partial charge is 0.378 e. The van der Waals surface area contributed by atoms with Crippen molar-refractivity contribution in [1.29, 1.82) is 0 Å². The van der Waals surface area contributed by atoms with Gasteiger partial charge in [0, 0.05) is 32.1 Å². The summed E-state index contributed by atoms with van der Waals surface area (Å²) in [6, 6.07) is -0.0521. The van der Waals surface area contributed by atoms with Gasteiger partial charge in [-0.25, -0.2) is 0 Å². The van der Waals surface area contributed by atoms with Crippen LogP contribution in [0.15, 0.2) is 0 Å². The second-order valence-electron chi connectivity index (χ2n) is 6.13. The van der Waals surface area contributed by atoms with E-state index in [9.17, 15) is 9.59 Å². The van der Waals surface area contributed by atoms with Gasteiger partial charge in [-0.3, -0.25) is 9.59 Å². The van der Waals surface area contributed by atoms with Crippen molar-refractivity contribution >= 4 is 11.8 Å². The van der Waals surface area contributed by atoms with E-state index in [0.29, 0.717) is 45.2 Å². The number of hydrogen-bond donors (Lipinski definition) is 2. The first-order chi connectivity index (χ1) is 10.1. The fourth-order valence-corrected chi connectivity index (χ4v) is 3.29. The van der Waals surface area contributed by atoms with Crippen molar-refractivity contribution in [3.8, 4) is 0 Å². The topological polar surface area (TPSA) is 84.7 Å². The Hall–Kier alpha value is -1.14. The van der Waals surface area contributed by atoms with E-state index in [0.717, 1.165) is 19.3 Å². The van der Waals surface area contributed by atoms with E-state index in [2.05, 4.69) is 12.2 Å². The molecule has 1 aliphatic carbocycles. The third-order valence-corrected chi connectivity index (χ3v) is 4.58. The summed E-state index contributed by atoms with van der Waals surface area (Å²) in [6.45, 7) is 4.99. The molecule has 2 amide bonds. The number of hydrogen-bond acceptors (Lipinski definition) is 4. The zero-order chi connectivity index (χ0) is 15.2. The molecular weight excluding hydrogens is 270 g/mol. The van der Waals surface area contributed by atoms with Crippen LogP contribution in [0.25, 0.3) is 0 Å². The van der Waals surface area contributed by atoms with Crippen molar-refractivity contribution in [2.75, 3.05) is 32.8 Å². The highest BCUT2D eigenvalue weighted by molar-refractivity contribution is 5.81. The zero-order valence-electron chi connectivity index (χ0n) is 12.8. The first-order valence-electron chi connectivity index (χ1n) is 7.98. The lowest BCUT2D eigenvalue weighted by atomic mass is 9.76. The number of carbonyl (C=O) groups is 2. The second kappa shape index (κ2) is 7.75. The molecule has 0 aromatic rings. The summed E-state index contributed by atoms with van der Waals surface area (Å²) in [6.07, 6.45) is 3.41. The lowest BCUT2D eigenvalue weighted by Gasteiger charge is -2.33. The van der Waals surface area contributed by atoms with Gasteiger partial charge in [-0.2, -0.15) is 0 Å². The molecule has 6 nitrogen and oxygen atoms in total. The first kappa shape index (κ1) is 16.2. The van der Waals surface area contributed by atoms with Gasteiger partial charge in [0.05, 0.1) is 19.1 Å². The third kappa shape index (κ3) is 4.41. The average Bonchev–Trinajstić information content (AvgIpc) is 2.48. The Morgan fingerprint density at radius 3 is 2.67 bits per heavy atom. The van der Waals surface area contributed by atoms with Crippen molar-refractivity contribution in [2.45, 2.75) is 38.6 Å². The number of amides is 2. The zero-order valence-corrected chi connectivity index (χ0v) is 12.8. The van der Waals surface area contributed by atoms with Gasteiger partial charge in [0.1, 0.15) is 0 Å². The summed E-state index contributed by atoms with van der Waals surface area (Å²) in [5, 5.41) is 2.89. The number of morpholine rings is 1. The first-order valence-corrected chi connectivity index (χ1v) is 7.98. The highest BCUT2D eigenvalue weighted by Crippen LogP contribution is 2.28. The van der Waals surface area contributed by atoms with Crippen molar-refractivity contribution in [3.05, 3.63) is 0 Å². The van der Waals surface area contributed by atoms with E-state index in [4.69, 9.17) is 10.5 Å². The van der Waals surface area contributed by atoms with Gasteiger partial charge >= 0.3 is 0 Å². The minimum atomic E-state index is -0.114. The van der Waals surface area contributed by atoms with Crippen molar-refractivity contribution in [3.63, 3.8) is 0 Å². The summed E-state index contributed by atoms with van der Waals surface area (Å²) in [5.74, 6) is 0.296. The highest BCUT2D eigenvalue weighted by atomic mass is 16.5. The number of nitrogens with one attached hydrogen (secondary N) is 1. The molecule has 1 heterocycles. The molecule has 3 unspecified atom stereocenters. The molecule has 1 saturated heterocycles. The average molecular weight is 297 g/mol. The van der Waals surface area contributed by atoms with Gasteiger partial charge in [0.25, 0.3) is 0 Å². The molecule has 120 valence electrons. The van der Waals surface area contributed by atoms with Crippen LogP contribution < -0.4 is 11.1 Å². The van der Waals surface area contributed by atoms with E-state index >= 15 is 0 Å². The molecule has 2 aliphatic rings. The molecule has 1 aliphatic heterocycles. The van der Waals surface area contributed by atoms with Crippen LogP contribution in [0.4, 0.5) is 0 Å². The fourth-order valence-electron chi connectivity index (χ4n) is 3.29. The Kier molecular flexibility index (Phi) is 5.99. The van der Waals surface area contributed by atoms with Gasteiger partial charge in [-0.1, -0.05) is 13.3 Å². The van der Waals surface area contributed by atoms with Crippen LogP contribution in [0.2, 0.25) is 0 Å². The minimum absolute atomic E-state index is 0.00415. The van der Waals surface area contributed by atoms with Crippen molar-refractivity contribution in [1.82, 2.24) is 10.2 Å². The highest BCUT2D eigenvalue weighted by Gasteiger charge is 2.33. The molecule has 0 aromatic heterocycles. The molecule has 2 fully saturated rings. The van der Waals surface area contributed by atoms with Crippen molar-refractivity contribution < 1.29 is 14.3 Å². The smallest absolute Gasteiger partial charge is 0.224 e. The van der Waals surface area contributed by atoms with Crippen molar-refractivity contribution in [2.24, 2.45) is 17.6 Å². The van der Waals surface area contributed by atoms with E-state index in [1.54, 1.807) is 4.90 Å². The summed E-state index contributed by atoms with van der Waals surface area (Å²) >= 11 is 0. The van der Waals surface area contributed by atoms with Gasteiger partial charge in [-0.05, 0) is 18.8 Å². The molecule has 1 saturated carbocycles. The summed E-state index contributed by atoms with van der Waals surface area (Å²) < 4.78 is 5.22. The molecule has 2 rings (SSSR count). The third-order valence-electron chi connectivity index (χ3n) is 4.58. The maximum Gasteiger partial charge on any atom is 0.224 e. The number of rotatable bonds is 4. The fraction of sp³-hybridized carbons (Fsp3) is 0.867.